The van der Waals surface area contributed by atoms with Crippen molar-refractivity contribution in [3.05, 3.63) is 17.4 Å². The molecule has 1 aromatic carbocycles. The second-order valence-electron chi connectivity index (χ2n) is 4.15. The predicted molar refractivity (Wildman–Crippen MR) is 56.0 cm³/mol. The quantitative estimate of drug-likeness (QED) is 0.670. The van der Waals surface area contributed by atoms with Crippen LogP contribution in [0.3, 0.4) is 0 Å². The number of aromatic hydroxyl groups is 2. The lowest BCUT2D eigenvalue weighted by atomic mass is 9.72. The van der Waals surface area contributed by atoms with Gasteiger partial charge in [0.25, 0.3) is 0 Å². The van der Waals surface area contributed by atoms with Crippen molar-refractivity contribution in [2.24, 2.45) is 5.73 Å². The van der Waals surface area contributed by atoms with Crippen LogP contribution in [-0.4, -0.2) is 17.3 Å². The summed E-state index contributed by atoms with van der Waals surface area (Å²) < 4.78 is 18.7. The van der Waals surface area contributed by atoms with Crippen molar-refractivity contribution in [2.45, 2.75) is 24.8 Å². The zero-order valence-corrected chi connectivity index (χ0v) is 8.96. The molecule has 0 radical (unpaired) electrons. The summed E-state index contributed by atoms with van der Waals surface area (Å²) in [4.78, 5) is 0. The first-order valence-corrected chi connectivity index (χ1v) is 5.07. The summed E-state index contributed by atoms with van der Waals surface area (Å²) in [6.45, 7) is 0. The number of methoxy groups -OCH3 is 1. The summed E-state index contributed by atoms with van der Waals surface area (Å²) >= 11 is 0. The minimum Gasteiger partial charge on any atom is -0.504 e. The zero-order valence-electron chi connectivity index (χ0n) is 8.96. The molecular weight excluding hydrogens is 213 g/mol. The largest absolute Gasteiger partial charge is 0.504 e. The molecule has 1 aliphatic carbocycles. The minimum absolute atomic E-state index is 0.0457. The van der Waals surface area contributed by atoms with Gasteiger partial charge in [-0.1, -0.05) is 0 Å². The molecule has 16 heavy (non-hydrogen) atoms. The van der Waals surface area contributed by atoms with Crippen molar-refractivity contribution >= 4 is 0 Å². The van der Waals surface area contributed by atoms with Crippen molar-refractivity contribution in [3.63, 3.8) is 0 Å². The zero-order chi connectivity index (χ0) is 11.9. The molecule has 0 bridgehead atoms. The van der Waals surface area contributed by atoms with Gasteiger partial charge >= 0.3 is 0 Å². The Morgan fingerprint density at radius 3 is 2.50 bits per heavy atom. The number of nitrogens with two attached hydrogens (primary N) is 1. The van der Waals surface area contributed by atoms with E-state index in [-0.39, 0.29) is 11.3 Å². The van der Waals surface area contributed by atoms with Crippen LogP contribution >= 0.6 is 0 Å². The fraction of sp³-hybridized carbons (Fsp3) is 0.455. The van der Waals surface area contributed by atoms with Gasteiger partial charge in [0.1, 0.15) is 0 Å². The second kappa shape index (κ2) is 3.52. The van der Waals surface area contributed by atoms with Crippen LogP contribution in [0.5, 0.6) is 17.2 Å². The Kier molecular flexibility index (Phi) is 2.42. The van der Waals surface area contributed by atoms with Gasteiger partial charge in [-0.15, -0.1) is 0 Å². The maximum absolute atomic E-state index is 14.0. The van der Waals surface area contributed by atoms with Crippen LogP contribution in [0.1, 0.15) is 24.8 Å². The SMILES string of the molecule is COc1cc(O)c(O)c(C2(N)CCC2)c1F. The third kappa shape index (κ3) is 1.39. The summed E-state index contributed by atoms with van der Waals surface area (Å²) in [6, 6.07) is 1.04. The average Bonchev–Trinajstić information content (AvgIpc) is 2.21. The van der Waals surface area contributed by atoms with E-state index in [1.54, 1.807) is 0 Å². The average molecular weight is 227 g/mol. The fourth-order valence-corrected chi connectivity index (χ4v) is 2.02. The highest BCUT2D eigenvalue weighted by molar-refractivity contribution is 5.54. The van der Waals surface area contributed by atoms with Crippen LogP contribution in [0.2, 0.25) is 0 Å². The molecule has 1 fully saturated rings. The van der Waals surface area contributed by atoms with Crippen LogP contribution in [0, 0.1) is 5.82 Å². The van der Waals surface area contributed by atoms with Crippen molar-refractivity contribution in [1.29, 1.82) is 0 Å². The lowest BCUT2D eigenvalue weighted by molar-refractivity contribution is 0.230. The molecule has 0 aliphatic heterocycles. The molecule has 4 nitrogen and oxygen atoms in total. The van der Waals surface area contributed by atoms with Crippen LogP contribution in [0.4, 0.5) is 4.39 Å². The van der Waals surface area contributed by atoms with E-state index in [0.717, 1.165) is 12.5 Å². The van der Waals surface area contributed by atoms with E-state index in [0.29, 0.717) is 12.8 Å². The van der Waals surface area contributed by atoms with E-state index in [4.69, 9.17) is 10.5 Å². The molecule has 4 N–H and O–H groups in total. The molecule has 0 aromatic heterocycles. The molecule has 0 spiro atoms. The number of benzene rings is 1. The molecule has 0 heterocycles. The Hall–Kier alpha value is -1.49. The Morgan fingerprint density at radius 2 is 2.06 bits per heavy atom. The summed E-state index contributed by atoms with van der Waals surface area (Å²) in [5, 5.41) is 19.1. The number of ether oxygens (including phenoxy) is 1. The van der Waals surface area contributed by atoms with E-state index < -0.39 is 22.9 Å². The first-order chi connectivity index (χ1) is 7.49. The Labute approximate surface area is 92.5 Å². The third-order valence-electron chi connectivity index (χ3n) is 3.15. The summed E-state index contributed by atoms with van der Waals surface area (Å²) in [7, 11) is 1.29. The van der Waals surface area contributed by atoms with Crippen molar-refractivity contribution in [2.75, 3.05) is 7.11 Å². The lowest BCUT2D eigenvalue weighted by Crippen LogP contribution is -2.44. The first-order valence-electron chi connectivity index (χ1n) is 5.07. The van der Waals surface area contributed by atoms with Crippen molar-refractivity contribution in [3.8, 4) is 17.2 Å². The smallest absolute Gasteiger partial charge is 0.174 e. The van der Waals surface area contributed by atoms with Gasteiger partial charge in [-0.05, 0) is 19.3 Å². The van der Waals surface area contributed by atoms with Gasteiger partial charge in [-0.2, -0.15) is 0 Å². The molecule has 0 amide bonds. The normalized spacial score (nSPS) is 17.9. The molecule has 0 saturated heterocycles. The highest BCUT2D eigenvalue weighted by Crippen LogP contribution is 2.48. The van der Waals surface area contributed by atoms with E-state index >= 15 is 0 Å². The lowest BCUT2D eigenvalue weighted by Gasteiger charge is -2.39. The van der Waals surface area contributed by atoms with E-state index in [2.05, 4.69) is 0 Å². The van der Waals surface area contributed by atoms with Gasteiger partial charge in [0.15, 0.2) is 23.1 Å². The predicted octanol–water partition coefficient (Wildman–Crippen LogP) is 1.58. The van der Waals surface area contributed by atoms with Gasteiger partial charge < -0.3 is 20.7 Å². The van der Waals surface area contributed by atoms with Gasteiger partial charge in [-0.3, -0.25) is 0 Å². The third-order valence-corrected chi connectivity index (χ3v) is 3.15. The van der Waals surface area contributed by atoms with E-state index in [1.807, 2.05) is 0 Å². The number of phenolic OH excluding ortho intramolecular Hbond substituents is 2. The molecule has 88 valence electrons. The topological polar surface area (TPSA) is 75.7 Å². The van der Waals surface area contributed by atoms with Gasteiger partial charge in [0.2, 0.25) is 0 Å². The Balaban J connectivity index is 2.62. The summed E-state index contributed by atoms with van der Waals surface area (Å²) in [5.74, 6) is -1.70. The molecule has 0 atom stereocenters. The van der Waals surface area contributed by atoms with E-state index in [1.165, 1.54) is 7.11 Å². The number of hydrogen-bond donors (Lipinski definition) is 3. The first kappa shape index (κ1) is 11.0. The number of hydrogen-bond acceptors (Lipinski definition) is 4. The molecular formula is C11H14FNO3. The van der Waals surface area contributed by atoms with Crippen LogP contribution in [-0.2, 0) is 5.54 Å². The molecule has 2 rings (SSSR count). The number of phenols is 2. The van der Waals surface area contributed by atoms with Crippen molar-refractivity contribution in [1.82, 2.24) is 0 Å². The van der Waals surface area contributed by atoms with Crippen LogP contribution < -0.4 is 10.5 Å². The molecule has 0 unspecified atom stereocenters. The number of rotatable bonds is 2. The maximum atomic E-state index is 14.0. The van der Waals surface area contributed by atoms with E-state index in [9.17, 15) is 14.6 Å². The van der Waals surface area contributed by atoms with Gasteiger partial charge in [0, 0.05) is 11.6 Å². The minimum atomic E-state index is -0.889. The Bertz CT molecular complexity index is 430. The monoisotopic (exact) mass is 227 g/mol. The van der Waals surface area contributed by atoms with Crippen molar-refractivity contribution < 1.29 is 19.3 Å². The molecule has 1 aliphatic rings. The molecule has 1 saturated carbocycles. The fourth-order valence-electron chi connectivity index (χ4n) is 2.02. The van der Waals surface area contributed by atoms with Gasteiger partial charge in [-0.25, -0.2) is 4.39 Å². The second-order valence-corrected chi connectivity index (χ2v) is 4.15. The summed E-state index contributed by atoms with van der Waals surface area (Å²) in [5.41, 5.74) is 5.02. The standard InChI is InChI=1S/C11H14FNO3/c1-16-7-5-6(14)10(15)8(9(7)12)11(13)3-2-4-11/h5,14-15H,2-4,13H2,1H3. The maximum Gasteiger partial charge on any atom is 0.174 e. The van der Waals surface area contributed by atoms with Crippen LogP contribution in [0.25, 0.3) is 0 Å². The highest BCUT2D eigenvalue weighted by atomic mass is 19.1. The number of halogens is 1. The van der Waals surface area contributed by atoms with Gasteiger partial charge in [0.05, 0.1) is 12.7 Å². The molecule has 1 aromatic rings. The Morgan fingerprint density at radius 1 is 1.44 bits per heavy atom. The highest BCUT2D eigenvalue weighted by Gasteiger charge is 2.40. The molecule has 5 heteroatoms. The van der Waals surface area contributed by atoms with Crippen LogP contribution in [0.15, 0.2) is 6.07 Å². The summed E-state index contributed by atoms with van der Waals surface area (Å²) in [6.07, 6.45) is 2.06.